The van der Waals surface area contributed by atoms with Gasteiger partial charge < -0.3 is 10.2 Å². The lowest BCUT2D eigenvalue weighted by atomic mass is 9.81. The zero-order chi connectivity index (χ0) is 19.6. The lowest BCUT2D eigenvalue weighted by Gasteiger charge is -2.49. The molecule has 2 aromatic rings. The maximum atomic E-state index is 13.4. The summed E-state index contributed by atoms with van der Waals surface area (Å²) >= 11 is 6.43. The molecule has 0 radical (unpaired) electrons. The number of hydrogen-bond donors (Lipinski definition) is 1. The summed E-state index contributed by atoms with van der Waals surface area (Å²) < 4.78 is 0. The molecule has 4 aliphatic heterocycles. The third-order valence-corrected chi connectivity index (χ3v) is 6.56. The van der Waals surface area contributed by atoms with Crippen molar-refractivity contribution in [1.82, 2.24) is 9.80 Å². The van der Waals surface area contributed by atoms with E-state index in [2.05, 4.69) is 10.2 Å². The summed E-state index contributed by atoms with van der Waals surface area (Å²) in [7, 11) is 0. The van der Waals surface area contributed by atoms with Gasteiger partial charge in [-0.3, -0.25) is 19.3 Å². The Kier molecular flexibility index (Phi) is 3.96. The number of nitrogens with one attached hydrogen (secondary N) is 1. The van der Waals surface area contributed by atoms with E-state index in [9.17, 15) is 14.4 Å². The van der Waals surface area contributed by atoms with Gasteiger partial charge in [0.1, 0.15) is 0 Å². The van der Waals surface area contributed by atoms with Gasteiger partial charge in [-0.05, 0) is 44.0 Å². The number of imide groups is 1. The number of fused-ring (bicyclic) bond motifs is 3. The van der Waals surface area contributed by atoms with Crippen LogP contribution in [0.15, 0.2) is 24.3 Å². The van der Waals surface area contributed by atoms with E-state index in [1.54, 1.807) is 24.3 Å². The lowest BCUT2D eigenvalue weighted by Crippen LogP contribution is -2.60. The van der Waals surface area contributed by atoms with E-state index in [0.717, 1.165) is 32.5 Å². The molecule has 7 heteroatoms. The molecule has 0 spiro atoms. The molecular formula is C21H20ClN3O3. The Hall–Kier alpha value is -2.44. The molecule has 0 saturated carbocycles. The molecule has 4 heterocycles. The molecule has 6 nitrogen and oxygen atoms in total. The van der Waals surface area contributed by atoms with Crippen LogP contribution in [0, 0.1) is 5.92 Å². The average molecular weight is 398 g/mol. The van der Waals surface area contributed by atoms with Crippen molar-refractivity contribution in [1.29, 1.82) is 0 Å². The Labute approximate surface area is 167 Å². The van der Waals surface area contributed by atoms with E-state index in [-0.39, 0.29) is 23.8 Å². The highest BCUT2D eigenvalue weighted by Gasteiger charge is 2.45. The molecule has 0 aromatic heterocycles. The molecule has 0 aliphatic carbocycles. The first-order chi connectivity index (χ1) is 13.5. The number of nitrogens with zero attached hydrogens (tertiary/aromatic N) is 2. The van der Waals surface area contributed by atoms with E-state index >= 15 is 0 Å². The molecule has 1 atom stereocenters. The van der Waals surface area contributed by atoms with Crippen molar-refractivity contribution < 1.29 is 14.4 Å². The first-order valence-electron chi connectivity index (χ1n) is 9.58. The Morgan fingerprint density at radius 3 is 2.50 bits per heavy atom. The van der Waals surface area contributed by atoms with Gasteiger partial charge in [-0.25, -0.2) is 0 Å². The van der Waals surface area contributed by atoms with Crippen molar-refractivity contribution in [3.05, 3.63) is 40.4 Å². The van der Waals surface area contributed by atoms with Crippen LogP contribution in [0.1, 0.15) is 40.5 Å². The first kappa shape index (κ1) is 17.6. The van der Waals surface area contributed by atoms with Gasteiger partial charge in [0.05, 0.1) is 22.3 Å². The van der Waals surface area contributed by atoms with Crippen LogP contribution < -0.4 is 5.32 Å². The van der Waals surface area contributed by atoms with E-state index in [1.807, 2.05) is 0 Å². The molecule has 2 aromatic carbocycles. The fourth-order valence-electron chi connectivity index (χ4n) is 4.98. The standard InChI is InChI=1S/C21H20ClN3O3/c1-11(26)23-19-13-3-2-4-14-18(13)15(9-16(19)22)21(28)25(20(14)27)17-10-24-7-5-12(17)6-8-24/h2-4,9,12,17H,5-8,10H2,1H3,(H,23,26)/t17-/m1/s1. The maximum absolute atomic E-state index is 13.4. The van der Waals surface area contributed by atoms with E-state index in [0.29, 0.717) is 38.5 Å². The minimum absolute atomic E-state index is 0.0975. The summed E-state index contributed by atoms with van der Waals surface area (Å²) in [5, 5.41) is 4.22. The molecule has 1 N–H and O–H groups in total. The second-order valence-corrected chi connectivity index (χ2v) is 8.28. The number of anilines is 1. The van der Waals surface area contributed by atoms with Crippen molar-refractivity contribution in [3.63, 3.8) is 0 Å². The second kappa shape index (κ2) is 6.29. The number of piperidine rings is 3. The molecule has 0 unspecified atom stereocenters. The highest BCUT2D eigenvalue weighted by molar-refractivity contribution is 6.38. The number of carbonyl (C=O) groups is 3. The summed E-state index contributed by atoms with van der Waals surface area (Å²) in [6.45, 7) is 4.22. The minimum atomic E-state index is -0.288. The summed E-state index contributed by atoms with van der Waals surface area (Å²) in [4.78, 5) is 42.2. The summed E-state index contributed by atoms with van der Waals surface area (Å²) in [5.41, 5.74) is 1.36. The zero-order valence-electron chi connectivity index (χ0n) is 15.5. The molecule has 3 fully saturated rings. The van der Waals surface area contributed by atoms with Gasteiger partial charge in [-0.15, -0.1) is 0 Å². The Morgan fingerprint density at radius 1 is 1.14 bits per heavy atom. The van der Waals surface area contributed by atoms with Gasteiger partial charge in [0.2, 0.25) is 5.91 Å². The summed E-state index contributed by atoms with van der Waals surface area (Å²) in [6.07, 6.45) is 2.03. The average Bonchev–Trinajstić information content (AvgIpc) is 2.69. The van der Waals surface area contributed by atoms with Gasteiger partial charge in [0, 0.05) is 29.8 Å². The summed E-state index contributed by atoms with van der Waals surface area (Å²) in [6, 6.07) is 6.79. The van der Waals surface area contributed by atoms with Crippen LogP contribution in [-0.4, -0.2) is 53.2 Å². The molecule has 6 rings (SSSR count). The molecule has 3 amide bonds. The van der Waals surface area contributed by atoms with E-state index in [4.69, 9.17) is 11.6 Å². The second-order valence-electron chi connectivity index (χ2n) is 7.88. The van der Waals surface area contributed by atoms with Crippen LogP contribution in [0.2, 0.25) is 5.02 Å². The van der Waals surface area contributed by atoms with E-state index in [1.165, 1.54) is 11.8 Å². The Morgan fingerprint density at radius 2 is 1.86 bits per heavy atom. The normalized spacial score (nSPS) is 26.1. The van der Waals surface area contributed by atoms with Crippen molar-refractivity contribution in [2.45, 2.75) is 25.8 Å². The monoisotopic (exact) mass is 397 g/mol. The Bertz CT molecular complexity index is 1040. The number of amides is 3. The van der Waals surface area contributed by atoms with Crippen LogP contribution >= 0.6 is 11.6 Å². The quantitative estimate of drug-likeness (QED) is 0.790. The highest BCUT2D eigenvalue weighted by Crippen LogP contribution is 2.41. The third kappa shape index (κ3) is 2.48. The third-order valence-electron chi connectivity index (χ3n) is 6.27. The fourth-order valence-corrected chi connectivity index (χ4v) is 5.24. The largest absolute Gasteiger partial charge is 0.325 e. The maximum Gasteiger partial charge on any atom is 0.261 e. The number of halogens is 1. The topological polar surface area (TPSA) is 69.7 Å². The van der Waals surface area contributed by atoms with Gasteiger partial charge in [-0.1, -0.05) is 23.7 Å². The van der Waals surface area contributed by atoms with Gasteiger partial charge in [-0.2, -0.15) is 0 Å². The van der Waals surface area contributed by atoms with Gasteiger partial charge in [0.15, 0.2) is 0 Å². The predicted molar refractivity (Wildman–Crippen MR) is 107 cm³/mol. The molecule has 3 saturated heterocycles. The molecule has 4 aliphatic rings. The number of carbonyl (C=O) groups excluding carboxylic acids is 3. The zero-order valence-corrected chi connectivity index (χ0v) is 16.3. The van der Waals surface area contributed by atoms with Crippen molar-refractivity contribution >= 4 is 45.8 Å². The molecular weight excluding hydrogens is 378 g/mol. The van der Waals surface area contributed by atoms with Gasteiger partial charge in [0.25, 0.3) is 11.8 Å². The number of rotatable bonds is 2. The minimum Gasteiger partial charge on any atom is -0.325 e. The van der Waals surface area contributed by atoms with Crippen molar-refractivity contribution in [2.75, 3.05) is 25.0 Å². The van der Waals surface area contributed by atoms with Crippen LogP contribution in [0.25, 0.3) is 10.8 Å². The highest BCUT2D eigenvalue weighted by atomic mass is 35.5. The van der Waals surface area contributed by atoms with E-state index < -0.39 is 0 Å². The van der Waals surface area contributed by atoms with Crippen molar-refractivity contribution in [2.24, 2.45) is 5.92 Å². The Balaban J connectivity index is 1.67. The molecule has 144 valence electrons. The number of hydrogen-bond acceptors (Lipinski definition) is 4. The van der Waals surface area contributed by atoms with Crippen LogP contribution in [-0.2, 0) is 4.79 Å². The van der Waals surface area contributed by atoms with Crippen LogP contribution in [0.4, 0.5) is 5.69 Å². The smallest absolute Gasteiger partial charge is 0.261 e. The van der Waals surface area contributed by atoms with Crippen molar-refractivity contribution in [3.8, 4) is 0 Å². The van der Waals surface area contributed by atoms with Crippen LogP contribution in [0.5, 0.6) is 0 Å². The summed E-state index contributed by atoms with van der Waals surface area (Å²) in [5.74, 6) is -0.445. The van der Waals surface area contributed by atoms with Crippen LogP contribution in [0.3, 0.4) is 0 Å². The lowest BCUT2D eigenvalue weighted by molar-refractivity contribution is -0.114. The predicted octanol–water partition coefficient (Wildman–Crippen LogP) is 3.14. The SMILES string of the molecule is CC(=O)Nc1c(Cl)cc2c3c(cccc13)C(=O)N([C@@H]1CN3CCC1CC3)C2=O. The van der Waals surface area contributed by atoms with Gasteiger partial charge >= 0.3 is 0 Å². The molecule has 2 bridgehead atoms. The fraction of sp³-hybridized carbons (Fsp3) is 0.381. The molecule has 28 heavy (non-hydrogen) atoms. The first-order valence-corrected chi connectivity index (χ1v) is 9.96. The number of benzene rings is 2.